The molecule has 17 heavy (non-hydrogen) atoms. The molecule has 1 aliphatic rings. The van der Waals surface area contributed by atoms with Crippen LogP contribution in [-0.4, -0.2) is 25.1 Å². The van der Waals surface area contributed by atoms with Crippen LogP contribution in [0, 0.1) is 11.8 Å². The van der Waals surface area contributed by atoms with E-state index in [-0.39, 0.29) is 0 Å². The van der Waals surface area contributed by atoms with Crippen molar-refractivity contribution in [1.82, 2.24) is 10.3 Å². The quantitative estimate of drug-likeness (QED) is 0.865. The molecule has 1 fully saturated rings. The lowest BCUT2D eigenvalue weighted by molar-refractivity contribution is 0.422. The Morgan fingerprint density at radius 3 is 2.94 bits per heavy atom. The van der Waals surface area contributed by atoms with Crippen molar-refractivity contribution in [3.63, 3.8) is 0 Å². The maximum Gasteiger partial charge on any atom is 0.128 e. The Morgan fingerprint density at radius 1 is 1.47 bits per heavy atom. The fourth-order valence-electron chi connectivity index (χ4n) is 2.46. The standard InChI is InChI=1S/C14H23N3/c1-11(2)12-7-8-17(10-12)14-6-4-5-13(16-14)9-15-3/h4-6,11-12,15H,7-10H2,1-3H3. The Bertz CT molecular complexity index is 362. The van der Waals surface area contributed by atoms with Gasteiger partial charge in [-0.3, -0.25) is 0 Å². The van der Waals surface area contributed by atoms with Crippen molar-refractivity contribution in [1.29, 1.82) is 0 Å². The number of nitrogens with zero attached hydrogens (tertiary/aromatic N) is 2. The van der Waals surface area contributed by atoms with E-state index in [1.807, 2.05) is 7.05 Å². The molecule has 1 atom stereocenters. The van der Waals surface area contributed by atoms with Crippen LogP contribution in [0.3, 0.4) is 0 Å². The van der Waals surface area contributed by atoms with Gasteiger partial charge in [0.05, 0.1) is 5.69 Å². The van der Waals surface area contributed by atoms with E-state index in [4.69, 9.17) is 4.98 Å². The zero-order chi connectivity index (χ0) is 12.3. The fourth-order valence-corrected chi connectivity index (χ4v) is 2.46. The summed E-state index contributed by atoms with van der Waals surface area (Å²) in [5.74, 6) is 2.74. The summed E-state index contributed by atoms with van der Waals surface area (Å²) in [6.07, 6.45) is 1.30. The number of nitrogens with one attached hydrogen (secondary N) is 1. The molecule has 1 aliphatic heterocycles. The van der Waals surface area contributed by atoms with Crippen LogP contribution in [0.1, 0.15) is 26.0 Å². The topological polar surface area (TPSA) is 28.2 Å². The monoisotopic (exact) mass is 233 g/mol. The molecule has 1 aromatic heterocycles. The molecule has 0 aromatic carbocycles. The third-order valence-corrected chi connectivity index (χ3v) is 3.64. The number of pyridine rings is 1. The van der Waals surface area contributed by atoms with Crippen LogP contribution in [0.15, 0.2) is 18.2 Å². The maximum atomic E-state index is 4.70. The number of hydrogen-bond acceptors (Lipinski definition) is 3. The first-order valence-electron chi connectivity index (χ1n) is 6.56. The van der Waals surface area contributed by atoms with Crippen LogP contribution >= 0.6 is 0 Å². The molecule has 1 unspecified atom stereocenters. The first-order chi connectivity index (χ1) is 8.20. The van der Waals surface area contributed by atoms with Crippen molar-refractivity contribution in [2.45, 2.75) is 26.8 Å². The van der Waals surface area contributed by atoms with Gasteiger partial charge in [0.15, 0.2) is 0 Å². The third-order valence-electron chi connectivity index (χ3n) is 3.64. The predicted molar refractivity (Wildman–Crippen MR) is 72.2 cm³/mol. The molecule has 3 nitrogen and oxygen atoms in total. The summed E-state index contributed by atoms with van der Waals surface area (Å²) in [5, 5.41) is 3.15. The van der Waals surface area contributed by atoms with Crippen LogP contribution in [0.2, 0.25) is 0 Å². The SMILES string of the molecule is CNCc1cccc(N2CCC(C(C)C)C2)n1. The van der Waals surface area contributed by atoms with Gasteiger partial charge in [0, 0.05) is 19.6 Å². The van der Waals surface area contributed by atoms with Crippen molar-refractivity contribution in [3.8, 4) is 0 Å². The molecule has 0 amide bonds. The average molecular weight is 233 g/mol. The molecule has 1 aromatic rings. The molecule has 0 radical (unpaired) electrons. The van der Waals surface area contributed by atoms with E-state index in [2.05, 4.69) is 42.3 Å². The summed E-state index contributed by atoms with van der Waals surface area (Å²) in [5.41, 5.74) is 1.12. The highest BCUT2D eigenvalue weighted by Crippen LogP contribution is 2.27. The minimum absolute atomic E-state index is 0.778. The summed E-state index contributed by atoms with van der Waals surface area (Å²) in [7, 11) is 1.96. The van der Waals surface area contributed by atoms with E-state index < -0.39 is 0 Å². The van der Waals surface area contributed by atoms with Gasteiger partial charge in [-0.05, 0) is 37.4 Å². The molecule has 94 valence electrons. The van der Waals surface area contributed by atoms with Crippen molar-refractivity contribution < 1.29 is 0 Å². The van der Waals surface area contributed by atoms with Crippen LogP contribution in [0.4, 0.5) is 5.82 Å². The summed E-state index contributed by atoms with van der Waals surface area (Å²) < 4.78 is 0. The number of anilines is 1. The Labute approximate surface area is 104 Å². The minimum atomic E-state index is 0.778. The zero-order valence-corrected chi connectivity index (χ0v) is 11.1. The van der Waals surface area contributed by atoms with Gasteiger partial charge in [-0.15, -0.1) is 0 Å². The van der Waals surface area contributed by atoms with Gasteiger partial charge < -0.3 is 10.2 Å². The molecular weight excluding hydrogens is 210 g/mol. The van der Waals surface area contributed by atoms with Crippen LogP contribution in [-0.2, 0) is 6.54 Å². The smallest absolute Gasteiger partial charge is 0.128 e. The average Bonchev–Trinajstić information content (AvgIpc) is 2.79. The van der Waals surface area contributed by atoms with Crippen LogP contribution in [0.25, 0.3) is 0 Å². The van der Waals surface area contributed by atoms with Gasteiger partial charge in [0.25, 0.3) is 0 Å². The fraction of sp³-hybridized carbons (Fsp3) is 0.643. The van der Waals surface area contributed by atoms with Crippen molar-refractivity contribution in [2.24, 2.45) is 11.8 Å². The summed E-state index contributed by atoms with van der Waals surface area (Å²) in [6, 6.07) is 6.32. The van der Waals surface area contributed by atoms with E-state index in [1.165, 1.54) is 6.42 Å². The lowest BCUT2D eigenvalue weighted by Gasteiger charge is -2.19. The summed E-state index contributed by atoms with van der Waals surface area (Å²) in [4.78, 5) is 7.12. The molecule has 3 heteroatoms. The van der Waals surface area contributed by atoms with Crippen molar-refractivity contribution in [3.05, 3.63) is 23.9 Å². The van der Waals surface area contributed by atoms with E-state index in [0.717, 1.165) is 43.0 Å². The highest BCUT2D eigenvalue weighted by molar-refractivity contribution is 5.40. The molecule has 0 spiro atoms. The Morgan fingerprint density at radius 2 is 2.29 bits per heavy atom. The van der Waals surface area contributed by atoms with Crippen LogP contribution < -0.4 is 10.2 Å². The van der Waals surface area contributed by atoms with Crippen molar-refractivity contribution >= 4 is 5.82 Å². The number of hydrogen-bond donors (Lipinski definition) is 1. The van der Waals surface area contributed by atoms with Crippen LogP contribution in [0.5, 0.6) is 0 Å². The molecule has 0 aliphatic carbocycles. The largest absolute Gasteiger partial charge is 0.356 e. The van der Waals surface area contributed by atoms with Gasteiger partial charge in [0.1, 0.15) is 5.82 Å². The second-order valence-corrected chi connectivity index (χ2v) is 5.26. The second-order valence-electron chi connectivity index (χ2n) is 5.26. The van der Waals surface area contributed by atoms with E-state index >= 15 is 0 Å². The minimum Gasteiger partial charge on any atom is -0.356 e. The Hall–Kier alpha value is -1.09. The molecule has 2 heterocycles. The Balaban J connectivity index is 2.05. The summed E-state index contributed by atoms with van der Waals surface area (Å²) in [6.45, 7) is 7.79. The van der Waals surface area contributed by atoms with E-state index in [0.29, 0.717) is 0 Å². The van der Waals surface area contributed by atoms with Gasteiger partial charge in [0.2, 0.25) is 0 Å². The highest BCUT2D eigenvalue weighted by atomic mass is 15.2. The van der Waals surface area contributed by atoms with Gasteiger partial charge in [-0.2, -0.15) is 0 Å². The Kier molecular flexibility index (Phi) is 4.00. The third kappa shape index (κ3) is 2.97. The molecule has 0 bridgehead atoms. The lowest BCUT2D eigenvalue weighted by Crippen LogP contribution is -2.22. The first kappa shape index (κ1) is 12.4. The lowest BCUT2D eigenvalue weighted by atomic mass is 9.95. The molecular formula is C14H23N3. The number of aromatic nitrogens is 1. The zero-order valence-electron chi connectivity index (χ0n) is 11.1. The molecule has 1 N–H and O–H groups in total. The number of rotatable bonds is 4. The maximum absolute atomic E-state index is 4.70. The molecule has 1 saturated heterocycles. The van der Waals surface area contributed by atoms with Gasteiger partial charge in [-0.25, -0.2) is 4.98 Å². The van der Waals surface area contributed by atoms with Gasteiger partial charge in [-0.1, -0.05) is 19.9 Å². The molecule has 0 saturated carbocycles. The van der Waals surface area contributed by atoms with E-state index in [9.17, 15) is 0 Å². The molecule has 2 rings (SSSR count). The second kappa shape index (κ2) is 5.50. The normalized spacial score (nSPS) is 20.2. The summed E-state index contributed by atoms with van der Waals surface area (Å²) >= 11 is 0. The first-order valence-corrected chi connectivity index (χ1v) is 6.56. The van der Waals surface area contributed by atoms with E-state index in [1.54, 1.807) is 0 Å². The predicted octanol–water partition coefficient (Wildman–Crippen LogP) is 2.28. The van der Waals surface area contributed by atoms with Gasteiger partial charge >= 0.3 is 0 Å². The highest BCUT2D eigenvalue weighted by Gasteiger charge is 2.25. The van der Waals surface area contributed by atoms with Crippen molar-refractivity contribution in [2.75, 3.05) is 25.0 Å².